The van der Waals surface area contributed by atoms with Crippen molar-refractivity contribution in [3.63, 3.8) is 0 Å². The van der Waals surface area contributed by atoms with Gasteiger partial charge in [-0.25, -0.2) is 0 Å². The molecule has 8 nitrogen and oxygen atoms in total. The topological polar surface area (TPSA) is 128 Å². The van der Waals surface area contributed by atoms with E-state index in [0.717, 1.165) is 5.56 Å². The zero-order chi connectivity index (χ0) is 20.4. The zero-order valence-corrected chi connectivity index (χ0v) is 15.9. The summed E-state index contributed by atoms with van der Waals surface area (Å²) in [6.45, 7) is 4.80. The minimum atomic E-state index is -1.05. The number of carbonyl (C=O) groups is 4. The Balaban J connectivity index is 2.83. The monoisotopic (exact) mass is 377 g/mol. The molecule has 1 rings (SSSR count). The fourth-order valence-electron chi connectivity index (χ4n) is 2.56. The third kappa shape index (κ3) is 7.89. The Morgan fingerprint density at radius 2 is 1.70 bits per heavy atom. The van der Waals surface area contributed by atoms with E-state index in [1.807, 2.05) is 30.3 Å². The summed E-state index contributed by atoms with van der Waals surface area (Å²) in [6.07, 6.45) is 0.267. The molecule has 3 atom stereocenters. The second-order valence-electron chi connectivity index (χ2n) is 6.30. The Bertz CT molecular complexity index is 663. The van der Waals surface area contributed by atoms with E-state index in [4.69, 9.17) is 10.5 Å². The first kappa shape index (κ1) is 22.1. The van der Waals surface area contributed by atoms with Crippen LogP contribution < -0.4 is 16.4 Å². The van der Waals surface area contributed by atoms with Gasteiger partial charge in [-0.05, 0) is 18.9 Å². The Morgan fingerprint density at radius 3 is 2.22 bits per heavy atom. The lowest BCUT2D eigenvalue weighted by molar-refractivity contribution is -0.148. The molecule has 0 fully saturated rings. The van der Waals surface area contributed by atoms with Crippen LogP contribution in [-0.4, -0.2) is 42.4 Å². The Kier molecular flexibility index (Phi) is 8.98. The molecule has 0 bridgehead atoms. The second kappa shape index (κ2) is 10.9. The highest BCUT2D eigenvalue weighted by atomic mass is 16.5. The molecule has 3 amide bonds. The van der Waals surface area contributed by atoms with Crippen LogP contribution in [0, 0.1) is 5.92 Å². The number of amides is 3. The van der Waals surface area contributed by atoms with E-state index in [0.29, 0.717) is 0 Å². The molecule has 0 saturated heterocycles. The first-order valence-corrected chi connectivity index (χ1v) is 8.81. The van der Waals surface area contributed by atoms with Crippen LogP contribution in [0.4, 0.5) is 0 Å². The number of nitrogens with one attached hydrogen (secondary N) is 2. The third-order valence-electron chi connectivity index (χ3n) is 3.91. The molecule has 0 aliphatic carbocycles. The minimum absolute atomic E-state index is 0.0119. The maximum absolute atomic E-state index is 12.6. The fourth-order valence-corrected chi connectivity index (χ4v) is 2.56. The van der Waals surface area contributed by atoms with Crippen molar-refractivity contribution in [3.05, 3.63) is 35.9 Å². The SMILES string of the molecule is CCOC(=O)[C@H](C)C[C@H](NC(=O)[C@@H](Cc1ccccc1)NC(C)=O)C(N)=O. The average molecular weight is 377 g/mol. The maximum Gasteiger partial charge on any atom is 0.308 e. The summed E-state index contributed by atoms with van der Waals surface area (Å²) >= 11 is 0. The van der Waals surface area contributed by atoms with Gasteiger partial charge in [0.05, 0.1) is 12.5 Å². The van der Waals surface area contributed by atoms with Crippen LogP contribution in [-0.2, 0) is 30.3 Å². The van der Waals surface area contributed by atoms with Crippen molar-refractivity contribution in [1.82, 2.24) is 10.6 Å². The molecule has 1 aromatic carbocycles. The zero-order valence-electron chi connectivity index (χ0n) is 15.9. The van der Waals surface area contributed by atoms with Gasteiger partial charge in [0.1, 0.15) is 12.1 Å². The van der Waals surface area contributed by atoms with Gasteiger partial charge < -0.3 is 21.1 Å². The van der Waals surface area contributed by atoms with E-state index in [2.05, 4.69) is 10.6 Å². The Hall–Kier alpha value is -2.90. The van der Waals surface area contributed by atoms with E-state index in [1.165, 1.54) is 6.92 Å². The second-order valence-corrected chi connectivity index (χ2v) is 6.30. The number of carbonyl (C=O) groups excluding carboxylic acids is 4. The van der Waals surface area contributed by atoms with Crippen LogP contribution in [0.5, 0.6) is 0 Å². The van der Waals surface area contributed by atoms with Crippen molar-refractivity contribution in [3.8, 4) is 0 Å². The number of hydrogen-bond donors (Lipinski definition) is 3. The van der Waals surface area contributed by atoms with Crippen molar-refractivity contribution in [2.24, 2.45) is 11.7 Å². The van der Waals surface area contributed by atoms with Gasteiger partial charge in [-0.1, -0.05) is 37.3 Å². The smallest absolute Gasteiger partial charge is 0.308 e. The maximum atomic E-state index is 12.6. The highest BCUT2D eigenvalue weighted by Gasteiger charge is 2.28. The number of hydrogen-bond acceptors (Lipinski definition) is 5. The summed E-state index contributed by atoms with van der Waals surface area (Å²) in [5.41, 5.74) is 6.22. The molecule has 148 valence electrons. The van der Waals surface area contributed by atoms with Crippen LogP contribution in [0.2, 0.25) is 0 Å². The number of ether oxygens (including phenoxy) is 1. The molecule has 8 heteroatoms. The highest BCUT2D eigenvalue weighted by Crippen LogP contribution is 2.10. The first-order chi connectivity index (χ1) is 12.7. The van der Waals surface area contributed by atoms with Gasteiger partial charge in [0.25, 0.3) is 0 Å². The Morgan fingerprint density at radius 1 is 1.07 bits per heavy atom. The van der Waals surface area contributed by atoms with Crippen LogP contribution in [0.1, 0.15) is 32.8 Å². The lowest BCUT2D eigenvalue weighted by Gasteiger charge is -2.23. The molecule has 4 N–H and O–H groups in total. The minimum Gasteiger partial charge on any atom is -0.466 e. The predicted molar refractivity (Wildman–Crippen MR) is 99.3 cm³/mol. The first-order valence-electron chi connectivity index (χ1n) is 8.81. The number of benzene rings is 1. The molecular formula is C19H27N3O5. The highest BCUT2D eigenvalue weighted by molar-refractivity contribution is 5.91. The molecule has 0 aromatic heterocycles. The summed E-state index contributed by atoms with van der Waals surface area (Å²) < 4.78 is 4.91. The van der Waals surface area contributed by atoms with Crippen LogP contribution in [0.3, 0.4) is 0 Å². The van der Waals surface area contributed by atoms with E-state index in [-0.39, 0.29) is 25.4 Å². The van der Waals surface area contributed by atoms with Crippen LogP contribution >= 0.6 is 0 Å². The van der Waals surface area contributed by atoms with E-state index in [9.17, 15) is 19.2 Å². The molecule has 0 saturated carbocycles. The van der Waals surface area contributed by atoms with Gasteiger partial charge in [-0.3, -0.25) is 19.2 Å². The van der Waals surface area contributed by atoms with Crippen molar-refractivity contribution in [1.29, 1.82) is 0 Å². The molecule has 1 aromatic rings. The number of esters is 1. The largest absolute Gasteiger partial charge is 0.466 e. The van der Waals surface area contributed by atoms with Crippen molar-refractivity contribution < 1.29 is 23.9 Å². The van der Waals surface area contributed by atoms with Crippen LogP contribution in [0.25, 0.3) is 0 Å². The van der Waals surface area contributed by atoms with Gasteiger partial charge in [-0.2, -0.15) is 0 Å². The number of rotatable bonds is 10. The molecule has 0 heterocycles. The fraction of sp³-hybridized carbons (Fsp3) is 0.474. The van der Waals surface area contributed by atoms with E-state index < -0.39 is 35.8 Å². The molecule has 0 aliphatic rings. The molecule has 0 spiro atoms. The van der Waals surface area contributed by atoms with Crippen LogP contribution in [0.15, 0.2) is 30.3 Å². The van der Waals surface area contributed by atoms with Gasteiger partial charge in [0.15, 0.2) is 0 Å². The summed E-state index contributed by atoms with van der Waals surface area (Å²) in [4.78, 5) is 47.6. The van der Waals surface area contributed by atoms with Crippen molar-refractivity contribution in [2.45, 2.75) is 45.7 Å². The normalized spacial score (nSPS) is 13.7. The quantitative estimate of drug-likeness (QED) is 0.505. The molecule has 0 aliphatic heterocycles. The molecular weight excluding hydrogens is 350 g/mol. The number of primary amides is 1. The van der Waals surface area contributed by atoms with Crippen molar-refractivity contribution in [2.75, 3.05) is 6.61 Å². The summed E-state index contributed by atoms with van der Waals surface area (Å²) in [5, 5.41) is 5.11. The van der Waals surface area contributed by atoms with Crippen molar-refractivity contribution >= 4 is 23.7 Å². The predicted octanol–water partition coefficient (Wildman–Crippen LogP) is 0.293. The summed E-state index contributed by atoms with van der Waals surface area (Å²) in [6, 6.07) is 7.23. The third-order valence-corrected chi connectivity index (χ3v) is 3.91. The molecule has 0 unspecified atom stereocenters. The van der Waals surface area contributed by atoms with E-state index >= 15 is 0 Å². The van der Waals surface area contributed by atoms with E-state index in [1.54, 1.807) is 13.8 Å². The average Bonchev–Trinajstić information content (AvgIpc) is 2.61. The summed E-state index contributed by atoms with van der Waals surface area (Å²) in [7, 11) is 0. The Labute approximate surface area is 158 Å². The number of nitrogens with two attached hydrogens (primary N) is 1. The lowest BCUT2D eigenvalue weighted by Crippen LogP contribution is -2.54. The standard InChI is InChI=1S/C19H27N3O5/c1-4-27-19(26)12(2)10-15(17(20)24)22-18(25)16(21-13(3)23)11-14-8-6-5-7-9-14/h5-9,12,15-16H,4,10-11H2,1-3H3,(H2,20,24)(H,21,23)(H,22,25)/t12-,15+,16-/m1/s1. The lowest BCUT2D eigenvalue weighted by atomic mass is 10.00. The van der Waals surface area contributed by atoms with Gasteiger partial charge in [0.2, 0.25) is 17.7 Å². The van der Waals surface area contributed by atoms with Gasteiger partial charge >= 0.3 is 5.97 Å². The molecule has 0 radical (unpaired) electrons. The van der Waals surface area contributed by atoms with Gasteiger partial charge in [0, 0.05) is 13.3 Å². The molecule has 27 heavy (non-hydrogen) atoms. The van der Waals surface area contributed by atoms with Gasteiger partial charge in [-0.15, -0.1) is 0 Å². The summed E-state index contributed by atoms with van der Waals surface area (Å²) in [5.74, 6) is -2.77.